The first kappa shape index (κ1) is 21.6. The molecule has 1 aliphatic rings. The van der Waals surface area contributed by atoms with Crippen LogP contribution >= 0.6 is 11.8 Å². The summed E-state index contributed by atoms with van der Waals surface area (Å²) in [6.07, 6.45) is 0. The van der Waals surface area contributed by atoms with Crippen LogP contribution in [0, 0.1) is 20.0 Å². The molecule has 3 nitrogen and oxygen atoms in total. The first-order chi connectivity index (χ1) is 7.88. The van der Waals surface area contributed by atoms with Crippen LogP contribution in [-0.4, -0.2) is 0 Å². The second-order valence-corrected chi connectivity index (χ2v) is 3.98. The maximum Gasteiger partial charge on any atom is 0 e. The van der Waals surface area contributed by atoms with Gasteiger partial charge in [-0.15, -0.1) is 11.8 Å². The number of benzene rings is 1. The molecule has 1 atom stereocenters. The van der Waals surface area contributed by atoms with Crippen molar-refractivity contribution >= 4 is 11.8 Å². The molecule has 0 N–H and O–H groups in total. The maximum atomic E-state index is 7.50. The molecule has 0 fully saturated rings. The molecule has 5 heteroatoms. The largest absolute Gasteiger partial charge is 0 e. The fourth-order valence-electron chi connectivity index (χ4n) is 1.37. The van der Waals surface area contributed by atoms with E-state index in [1.165, 1.54) is 16.9 Å². The summed E-state index contributed by atoms with van der Waals surface area (Å²) in [5.41, 5.74) is 3.06. The number of fused-ring (bicyclic) bond motifs is 1. The summed E-state index contributed by atoms with van der Waals surface area (Å²) in [4.78, 5) is 0. The van der Waals surface area contributed by atoms with E-state index >= 15 is 0 Å². The predicted molar refractivity (Wildman–Crippen MR) is 57.9 cm³/mol. The van der Waals surface area contributed by atoms with Gasteiger partial charge >= 0.3 is 33.9 Å². The zero-order valence-electron chi connectivity index (χ0n) is 9.14. The Balaban J connectivity index is -0.000000248. The third-order valence-electron chi connectivity index (χ3n) is 1.98. The zero-order valence-corrected chi connectivity index (χ0v) is 11.2. The van der Waals surface area contributed by atoms with Crippen molar-refractivity contribution < 1.29 is 31.3 Å². The van der Waals surface area contributed by atoms with Crippen LogP contribution in [0.5, 0.6) is 0 Å². The summed E-state index contributed by atoms with van der Waals surface area (Å²) in [6, 6.07) is 8.71. The monoisotopic (exact) mass is 286 g/mol. The fraction of sp³-hybridized carbons (Fsp3) is 0.250. The van der Waals surface area contributed by atoms with Crippen molar-refractivity contribution in [2.75, 3.05) is 0 Å². The SMILES string of the molecule is C[C@@H]1SCc2ccccc21.[C-]#[O+].[C-]#[O+].[C-]#[O+].[Cr]. The van der Waals surface area contributed by atoms with Crippen LogP contribution in [-0.2, 0) is 37.1 Å². The van der Waals surface area contributed by atoms with Gasteiger partial charge in [-0.1, -0.05) is 24.3 Å². The van der Waals surface area contributed by atoms with E-state index in [1.807, 2.05) is 11.8 Å². The van der Waals surface area contributed by atoms with Gasteiger partial charge in [-0.05, 0) is 18.1 Å². The van der Waals surface area contributed by atoms with E-state index in [4.69, 9.17) is 14.0 Å². The van der Waals surface area contributed by atoms with Gasteiger partial charge in [0.15, 0.2) is 0 Å². The molecule has 0 amide bonds. The molecule has 1 aliphatic heterocycles. The van der Waals surface area contributed by atoms with Gasteiger partial charge in [0.05, 0.1) is 0 Å². The Morgan fingerprint density at radius 1 is 1.06 bits per heavy atom. The second-order valence-electron chi connectivity index (χ2n) is 2.65. The number of rotatable bonds is 0. The van der Waals surface area contributed by atoms with Crippen molar-refractivity contribution in [1.82, 2.24) is 0 Å². The van der Waals surface area contributed by atoms with Crippen molar-refractivity contribution in [2.45, 2.75) is 17.9 Å². The summed E-state index contributed by atoms with van der Waals surface area (Å²) in [7, 11) is 0. The van der Waals surface area contributed by atoms with Gasteiger partial charge in [0.1, 0.15) is 0 Å². The van der Waals surface area contributed by atoms with Crippen LogP contribution in [0.15, 0.2) is 24.3 Å². The fourth-order valence-corrected chi connectivity index (χ4v) is 2.47. The van der Waals surface area contributed by atoms with Crippen LogP contribution in [0.3, 0.4) is 0 Å². The van der Waals surface area contributed by atoms with Crippen molar-refractivity contribution in [3.63, 3.8) is 0 Å². The zero-order chi connectivity index (χ0) is 13.0. The maximum absolute atomic E-state index is 7.50. The van der Waals surface area contributed by atoms with Crippen molar-refractivity contribution in [2.24, 2.45) is 0 Å². The Bertz CT molecular complexity index is 346. The normalized spacial score (nSPS) is 13.7. The number of thioether (sulfide) groups is 1. The minimum absolute atomic E-state index is 0. The average Bonchev–Trinajstić information content (AvgIpc) is 2.79. The van der Waals surface area contributed by atoms with E-state index in [-0.39, 0.29) is 17.4 Å². The molecule has 2 rings (SSSR count). The Labute approximate surface area is 116 Å². The smallest absolute Gasteiger partial charge is 0 e. The van der Waals surface area contributed by atoms with Crippen LogP contribution < -0.4 is 0 Å². The van der Waals surface area contributed by atoms with E-state index < -0.39 is 0 Å². The van der Waals surface area contributed by atoms with Gasteiger partial charge < -0.3 is 0 Å². The van der Waals surface area contributed by atoms with Crippen molar-refractivity contribution in [1.29, 1.82) is 0 Å². The van der Waals surface area contributed by atoms with Crippen LogP contribution in [0.2, 0.25) is 0 Å². The predicted octanol–water partition coefficient (Wildman–Crippen LogP) is 2.88. The molecule has 0 aromatic heterocycles. The minimum atomic E-state index is 0. The molecule has 0 saturated carbocycles. The standard InChI is InChI=1S/C9H10S.3CO.Cr/c1-7-9-5-3-2-4-8(9)6-10-7;3*1-2;/h2-5,7H,6H2,1H3;;;;/t7-;;;;/m0..../s1. The van der Waals surface area contributed by atoms with Crippen LogP contribution in [0.1, 0.15) is 23.3 Å². The molecule has 1 aromatic rings. The molecule has 88 valence electrons. The molecular weight excluding hydrogens is 276 g/mol. The Hall–Kier alpha value is -0.678. The van der Waals surface area contributed by atoms with E-state index in [0.29, 0.717) is 0 Å². The summed E-state index contributed by atoms with van der Waals surface area (Å²) < 4.78 is 22.5. The van der Waals surface area contributed by atoms with Gasteiger partial charge in [-0.2, -0.15) is 0 Å². The van der Waals surface area contributed by atoms with Crippen molar-refractivity contribution in [3.8, 4) is 0 Å². The Morgan fingerprint density at radius 2 is 1.53 bits per heavy atom. The molecular formula is C12H10CrO3S. The number of hydrogen-bond donors (Lipinski definition) is 0. The molecule has 0 bridgehead atoms. The summed E-state index contributed by atoms with van der Waals surface area (Å²) in [5, 5.41) is 0.719. The Kier molecular flexibility index (Phi) is 19.5. The molecule has 1 aromatic carbocycles. The van der Waals surface area contributed by atoms with Gasteiger partial charge in [-0.25, -0.2) is 0 Å². The van der Waals surface area contributed by atoms with Gasteiger partial charge in [-0.3, -0.25) is 0 Å². The molecule has 17 heavy (non-hydrogen) atoms. The minimum Gasteiger partial charge on any atom is 0 e. The van der Waals surface area contributed by atoms with Crippen molar-refractivity contribution in [3.05, 3.63) is 55.3 Å². The molecule has 0 spiro atoms. The molecule has 0 saturated heterocycles. The summed E-state index contributed by atoms with van der Waals surface area (Å²) >= 11 is 2.03. The third kappa shape index (κ3) is 7.28. The van der Waals surface area contributed by atoms with E-state index in [0.717, 1.165) is 5.25 Å². The van der Waals surface area contributed by atoms with E-state index in [2.05, 4.69) is 51.1 Å². The molecule has 1 heterocycles. The first-order valence-corrected chi connectivity index (χ1v) is 5.23. The molecule has 0 radical (unpaired) electrons. The Morgan fingerprint density at radius 3 is 2.00 bits per heavy atom. The van der Waals surface area contributed by atoms with Gasteiger partial charge in [0.25, 0.3) is 0 Å². The van der Waals surface area contributed by atoms with Crippen LogP contribution in [0.25, 0.3) is 0 Å². The second kappa shape index (κ2) is 15.3. The molecule has 0 aliphatic carbocycles. The third-order valence-corrected chi connectivity index (χ3v) is 3.21. The summed E-state index contributed by atoms with van der Waals surface area (Å²) in [6.45, 7) is 15.8. The number of hydrogen-bond acceptors (Lipinski definition) is 1. The first-order valence-electron chi connectivity index (χ1n) is 4.18. The topological polar surface area (TPSA) is 59.7 Å². The van der Waals surface area contributed by atoms with Crippen LogP contribution in [0.4, 0.5) is 0 Å². The van der Waals surface area contributed by atoms with Gasteiger partial charge in [0, 0.05) is 28.4 Å². The van der Waals surface area contributed by atoms with E-state index in [1.54, 1.807) is 0 Å². The summed E-state index contributed by atoms with van der Waals surface area (Å²) in [5.74, 6) is 1.21. The quantitative estimate of drug-likeness (QED) is 0.534. The molecule has 0 unspecified atom stereocenters. The average molecular weight is 286 g/mol. The van der Waals surface area contributed by atoms with Gasteiger partial charge in [0.2, 0.25) is 0 Å². The van der Waals surface area contributed by atoms with E-state index in [9.17, 15) is 0 Å².